The highest BCUT2D eigenvalue weighted by Gasteiger charge is 2.24. The normalized spacial score (nSPS) is 15.1. The van der Waals surface area contributed by atoms with Gasteiger partial charge in [0.05, 0.1) is 13.0 Å². The number of ether oxygens (including phenoxy) is 2. The number of benzene rings is 1. The van der Waals surface area contributed by atoms with E-state index in [1.807, 2.05) is 0 Å². The van der Waals surface area contributed by atoms with Gasteiger partial charge in [0.2, 0.25) is 0 Å². The van der Waals surface area contributed by atoms with E-state index in [9.17, 15) is 9.59 Å². The average Bonchev–Trinajstić information content (AvgIpc) is 3.05. The van der Waals surface area contributed by atoms with Crippen molar-refractivity contribution in [2.24, 2.45) is 5.92 Å². The van der Waals surface area contributed by atoms with E-state index in [1.165, 1.54) is 6.07 Å². The van der Waals surface area contributed by atoms with Gasteiger partial charge >= 0.3 is 11.6 Å². The number of esters is 1. The van der Waals surface area contributed by atoms with Crippen molar-refractivity contribution in [3.8, 4) is 5.75 Å². The molecule has 116 valence electrons. The molecule has 2 aromatic rings. The summed E-state index contributed by atoms with van der Waals surface area (Å²) in [5.41, 5.74) is 0.617. The van der Waals surface area contributed by atoms with Gasteiger partial charge in [0.25, 0.3) is 0 Å². The Labute approximate surface area is 127 Å². The highest BCUT2D eigenvalue weighted by atomic mass is 16.5. The molecule has 0 N–H and O–H groups in total. The van der Waals surface area contributed by atoms with Crippen molar-refractivity contribution in [3.05, 3.63) is 40.2 Å². The minimum absolute atomic E-state index is 0.00600. The fourth-order valence-electron chi connectivity index (χ4n) is 2.88. The first-order chi connectivity index (χ1) is 10.7. The highest BCUT2D eigenvalue weighted by molar-refractivity contribution is 5.82. The molecule has 1 aromatic carbocycles. The van der Waals surface area contributed by atoms with Gasteiger partial charge in [-0.05, 0) is 25.0 Å². The molecular formula is C17H18O5. The van der Waals surface area contributed by atoms with E-state index in [1.54, 1.807) is 25.3 Å². The van der Waals surface area contributed by atoms with Crippen LogP contribution in [0.1, 0.15) is 31.2 Å². The molecule has 1 aliphatic rings. The summed E-state index contributed by atoms with van der Waals surface area (Å²) < 4.78 is 15.7. The molecule has 3 rings (SSSR count). The van der Waals surface area contributed by atoms with Crippen molar-refractivity contribution in [2.75, 3.05) is 7.11 Å². The van der Waals surface area contributed by atoms with Crippen LogP contribution in [0.25, 0.3) is 11.0 Å². The molecule has 1 aliphatic carbocycles. The Morgan fingerprint density at radius 3 is 2.77 bits per heavy atom. The smallest absolute Gasteiger partial charge is 0.336 e. The first-order valence-corrected chi connectivity index (χ1v) is 7.45. The summed E-state index contributed by atoms with van der Waals surface area (Å²) in [4.78, 5) is 23.7. The summed E-state index contributed by atoms with van der Waals surface area (Å²) in [6.07, 6.45) is 3.95. The predicted octanol–water partition coefficient (Wildman–Crippen LogP) is 3.04. The quantitative estimate of drug-likeness (QED) is 0.641. The van der Waals surface area contributed by atoms with Gasteiger partial charge < -0.3 is 13.9 Å². The summed E-state index contributed by atoms with van der Waals surface area (Å²) in [6.45, 7) is 0.0871. The molecule has 1 heterocycles. The predicted molar refractivity (Wildman–Crippen MR) is 80.8 cm³/mol. The van der Waals surface area contributed by atoms with Crippen molar-refractivity contribution in [1.82, 2.24) is 0 Å². The second-order valence-electron chi connectivity index (χ2n) is 5.54. The average molecular weight is 302 g/mol. The third-order valence-electron chi connectivity index (χ3n) is 4.10. The molecule has 1 aromatic heterocycles. The molecule has 0 amide bonds. The first-order valence-electron chi connectivity index (χ1n) is 7.45. The summed E-state index contributed by atoms with van der Waals surface area (Å²) in [5.74, 6) is 0.439. The summed E-state index contributed by atoms with van der Waals surface area (Å²) in [6, 6.07) is 6.61. The van der Waals surface area contributed by atoms with Crippen LogP contribution >= 0.6 is 0 Å². The molecule has 5 nitrogen and oxygen atoms in total. The van der Waals surface area contributed by atoms with E-state index in [0.29, 0.717) is 16.9 Å². The van der Waals surface area contributed by atoms with Gasteiger partial charge in [0, 0.05) is 23.1 Å². The van der Waals surface area contributed by atoms with Gasteiger partial charge in [0.1, 0.15) is 17.9 Å². The minimum Gasteiger partial charge on any atom is -0.497 e. The fraction of sp³-hybridized carbons (Fsp3) is 0.412. The van der Waals surface area contributed by atoms with Crippen LogP contribution in [0.4, 0.5) is 0 Å². The largest absolute Gasteiger partial charge is 0.497 e. The number of rotatable bonds is 4. The van der Waals surface area contributed by atoms with Crippen LogP contribution in [-0.2, 0) is 16.1 Å². The lowest BCUT2D eigenvalue weighted by Gasteiger charge is -2.11. The van der Waals surface area contributed by atoms with Crippen LogP contribution < -0.4 is 10.4 Å². The van der Waals surface area contributed by atoms with Gasteiger partial charge in [-0.3, -0.25) is 4.79 Å². The van der Waals surface area contributed by atoms with E-state index < -0.39 is 5.63 Å². The SMILES string of the molecule is COc1ccc2c(COC(=O)C3CCCC3)cc(=O)oc2c1. The zero-order valence-electron chi connectivity index (χ0n) is 12.5. The molecule has 22 heavy (non-hydrogen) atoms. The summed E-state index contributed by atoms with van der Waals surface area (Å²) in [7, 11) is 1.55. The van der Waals surface area contributed by atoms with Gasteiger partial charge in [-0.25, -0.2) is 4.79 Å². The lowest BCUT2D eigenvalue weighted by atomic mass is 10.1. The number of carbonyl (C=O) groups excluding carboxylic acids is 1. The Morgan fingerprint density at radius 2 is 2.05 bits per heavy atom. The third kappa shape index (κ3) is 2.98. The maximum Gasteiger partial charge on any atom is 0.336 e. The molecule has 0 aliphatic heterocycles. The number of hydrogen-bond acceptors (Lipinski definition) is 5. The molecule has 0 spiro atoms. The summed E-state index contributed by atoms with van der Waals surface area (Å²) in [5, 5.41) is 0.750. The van der Waals surface area contributed by atoms with E-state index in [0.717, 1.165) is 31.1 Å². The van der Waals surface area contributed by atoms with Crippen molar-refractivity contribution >= 4 is 16.9 Å². The van der Waals surface area contributed by atoms with E-state index in [4.69, 9.17) is 13.9 Å². The van der Waals surface area contributed by atoms with Gasteiger partial charge in [-0.2, -0.15) is 0 Å². The Bertz CT molecular complexity index is 740. The second kappa shape index (κ2) is 6.22. The molecule has 5 heteroatoms. The Kier molecular flexibility index (Phi) is 4.13. The maximum atomic E-state index is 12.0. The Morgan fingerprint density at radius 1 is 1.27 bits per heavy atom. The van der Waals surface area contributed by atoms with Crippen LogP contribution in [0.5, 0.6) is 5.75 Å². The molecule has 1 fully saturated rings. The van der Waals surface area contributed by atoms with Crippen LogP contribution in [0.2, 0.25) is 0 Å². The Hall–Kier alpha value is -2.30. The molecule has 0 bridgehead atoms. The van der Waals surface area contributed by atoms with Crippen molar-refractivity contribution in [1.29, 1.82) is 0 Å². The number of methoxy groups -OCH3 is 1. The number of hydrogen-bond donors (Lipinski definition) is 0. The molecule has 0 radical (unpaired) electrons. The lowest BCUT2D eigenvalue weighted by molar-refractivity contribution is -0.149. The van der Waals surface area contributed by atoms with E-state index in [2.05, 4.69) is 0 Å². The molecule has 1 saturated carbocycles. The molecular weight excluding hydrogens is 284 g/mol. The first kappa shape index (κ1) is 14.6. The van der Waals surface area contributed by atoms with E-state index >= 15 is 0 Å². The Balaban J connectivity index is 1.83. The topological polar surface area (TPSA) is 65.7 Å². The zero-order chi connectivity index (χ0) is 15.5. The van der Waals surface area contributed by atoms with E-state index in [-0.39, 0.29) is 18.5 Å². The minimum atomic E-state index is -0.465. The molecule has 0 unspecified atom stereocenters. The van der Waals surface area contributed by atoms with Gasteiger partial charge in [-0.15, -0.1) is 0 Å². The second-order valence-corrected chi connectivity index (χ2v) is 5.54. The third-order valence-corrected chi connectivity index (χ3v) is 4.10. The number of carbonyl (C=O) groups is 1. The molecule has 0 saturated heterocycles. The monoisotopic (exact) mass is 302 g/mol. The van der Waals surface area contributed by atoms with Crippen molar-refractivity contribution in [2.45, 2.75) is 32.3 Å². The standard InChI is InChI=1S/C17H18O5/c1-20-13-6-7-14-12(8-16(18)22-15(14)9-13)10-21-17(19)11-4-2-3-5-11/h6-9,11H,2-5,10H2,1H3. The van der Waals surface area contributed by atoms with Crippen molar-refractivity contribution < 1.29 is 18.7 Å². The lowest BCUT2D eigenvalue weighted by Crippen LogP contribution is -2.15. The van der Waals surface area contributed by atoms with Crippen LogP contribution in [0.3, 0.4) is 0 Å². The van der Waals surface area contributed by atoms with Crippen LogP contribution in [0, 0.1) is 5.92 Å². The maximum absolute atomic E-state index is 12.0. The summed E-state index contributed by atoms with van der Waals surface area (Å²) >= 11 is 0. The van der Waals surface area contributed by atoms with Crippen LogP contribution in [0.15, 0.2) is 33.5 Å². The highest BCUT2D eigenvalue weighted by Crippen LogP contribution is 2.27. The van der Waals surface area contributed by atoms with Crippen LogP contribution in [-0.4, -0.2) is 13.1 Å². The fourth-order valence-corrected chi connectivity index (χ4v) is 2.88. The van der Waals surface area contributed by atoms with Gasteiger partial charge in [-0.1, -0.05) is 12.8 Å². The molecule has 0 atom stereocenters. The number of fused-ring (bicyclic) bond motifs is 1. The van der Waals surface area contributed by atoms with Crippen molar-refractivity contribution in [3.63, 3.8) is 0 Å². The zero-order valence-corrected chi connectivity index (χ0v) is 12.5. The van der Waals surface area contributed by atoms with Gasteiger partial charge in [0.15, 0.2) is 0 Å².